The van der Waals surface area contributed by atoms with E-state index in [0.29, 0.717) is 19.8 Å². The normalized spacial score (nSPS) is 10.9. The van der Waals surface area contributed by atoms with Gasteiger partial charge in [-0.15, -0.1) is 0 Å². The first-order valence-electron chi connectivity index (χ1n) is 8.74. The highest BCUT2D eigenvalue weighted by molar-refractivity contribution is 6.54. The molecule has 158 valence electrons. The average molecular weight is 476 g/mol. The summed E-state index contributed by atoms with van der Waals surface area (Å²) in [5.41, 5.74) is -1.02. The molecule has 1 N–H and O–H groups in total. The molecule has 0 saturated heterocycles. The molecule has 1 aromatic carbocycles. The molecule has 0 amide bonds. The fraction of sp³-hybridized carbons (Fsp3) is 0.556. The molecule has 0 aliphatic carbocycles. The number of carboxylic acids is 1. The molecule has 0 radical (unpaired) electrons. The van der Waals surface area contributed by atoms with Crippen LogP contribution in [0.4, 0.5) is 0 Å². The summed E-state index contributed by atoms with van der Waals surface area (Å²) in [6.45, 7) is 3.63. The van der Waals surface area contributed by atoms with Gasteiger partial charge in [-0.3, -0.25) is 0 Å². The molecule has 0 aromatic heterocycles. The lowest BCUT2D eigenvalue weighted by molar-refractivity contribution is 0.0140. The molecule has 10 heteroatoms. The summed E-state index contributed by atoms with van der Waals surface area (Å²) in [4.78, 5) is 23.7. The van der Waals surface area contributed by atoms with E-state index in [4.69, 9.17) is 60.6 Å². The lowest BCUT2D eigenvalue weighted by Gasteiger charge is -2.13. The van der Waals surface area contributed by atoms with Crippen LogP contribution in [0.25, 0.3) is 0 Å². The molecule has 28 heavy (non-hydrogen) atoms. The van der Waals surface area contributed by atoms with Crippen molar-refractivity contribution in [3.8, 4) is 0 Å². The van der Waals surface area contributed by atoms with Gasteiger partial charge in [-0.1, -0.05) is 72.6 Å². The maximum atomic E-state index is 12.3. The number of carboxylic acid groups (broad SMARTS) is 1. The van der Waals surface area contributed by atoms with E-state index in [2.05, 4.69) is 6.92 Å². The van der Waals surface area contributed by atoms with Crippen LogP contribution in [0.2, 0.25) is 20.1 Å². The Morgan fingerprint density at radius 2 is 1.29 bits per heavy atom. The van der Waals surface area contributed by atoms with E-state index >= 15 is 0 Å². The first-order valence-corrected chi connectivity index (χ1v) is 10.3. The number of hydrogen-bond donors (Lipinski definition) is 1. The minimum absolute atomic E-state index is 0.109. The number of carbonyl (C=O) groups is 2. The smallest absolute Gasteiger partial charge is 0.340 e. The van der Waals surface area contributed by atoms with Gasteiger partial charge in [-0.2, -0.15) is 0 Å². The lowest BCUT2D eigenvalue weighted by Crippen LogP contribution is -2.17. The summed E-state index contributed by atoms with van der Waals surface area (Å²) < 4.78 is 15.7. The largest absolute Gasteiger partial charge is 0.478 e. The van der Waals surface area contributed by atoms with Crippen molar-refractivity contribution in [1.29, 1.82) is 0 Å². The molecule has 0 aliphatic rings. The van der Waals surface area contributed by atoms with E-state index in [1.807, 2.05) is 0 Å². The van der Waals surface area contributed by atoms with E-state index in [0.717, 1.165) is 12.8 Å². The van der Waals surface area contributed by atoms with Crippen LogP contribution in [-0.2, 0) is 14.2 Å². The van der Waals surface area contributed by atoms with E-state index in [-0.39, 0.29) is 33.3 Å². The van der Waals surface area contributed by atoms with Gasteiger partial charge >= 0.3 is 11.9 Å². The Labute approximate surface area is 183 Å². The lowest BCUT2D eigenvalue weighted by atomic mass is 10.1. The van der Waals surface area contributed by atoms with Crippen LogP contribution in [0.15, 0.2) is 0 Å². The number of unbranched alkanes of at least 4 members (excludes halogenated alkanes) is 3. The second-order valence-electron chi connectivity index (χ2n) is 5.73. The van der Waals surface area contributed by atoms with Crippen molar-refractivity contribution in [3.63, 3.8) is 0 Å². The van der Waals surface area contributed by atoms with Crippen LogP contribution in [0.1, 0.15) is 53.3 Å². The summed E-state index contributed by atoms with van der Waals surface area (Å²) in [7, 11) is 0. The fourth-order valence-corrected chi connectivity index (χ4v) is 3.25. The molecule has 0 fully saturated rings. The SMILES string of the molecule is CCCCCCOCCOCCOC(=O)c1c(Cl)c(Cl)c(Cl)c(Cl)c1C(=O)O. The summed E-state index contributed by atoms with van der Waals surface area (Å²) in [6.07, 6.45) is 4.54. The number of halogens is 4. The monoisotopic (exact) mass is 474 g/mol. The van der Waals surface area contributed by atoms with Crippen LogP contribution in [-0.4, -0.2) is 50.1 Å². The maximum Gasteiger partial charge on any atom is 0.340 e. The average Bonchev–Trinajstić information content (AvgIpc) is 2.66. The first-order chi connectivity index (χ1) is 13.3. The molecule has 0 spiro atoms. The molecule has 0 aliphatic heterocycles. The third-order valence-electron chi connectivity index (χ3n) is 3.66. The van der Waals surface area contributed by atoms with Crippen LogP contribution in [0.3, 0.4) is 0 Å². The molecular weight excluding hydrogens is 454 g/mol. The second kappa shape index (κ2) is 13.5. The highest BCUT2D eigenvalue weighted by Gasteiger charge is 2.29. The van der Waals surface area contributed by atoms with Gasteiger partial charge in [0.15, 0.2) is 0 Å². The van der Waals surface area contributed by atoms with Crippen LogP contribution >= 0.6 is 46.4 Å². The van der Waals surface area contributed by atoms with E-state index in [9.17, 15) is 14.7 Å². The third kappa shape index (κ3) is 7.58. The van der Waals surface area contributed by atoms with Gasteiger partial charge in [-0.05, 0) is 6.42 Å². The van der Waals surface area contributed by atoms with Gasteiger partial charge in [0, 0.05) is 6.61 Å². The van der Waals surface area contributed by atoms with Gasteiger partial charge in [0.2, 0.25) is 0 Å². The zero-order valence-corrected chi connectivity index (χ0v) is 18.4. The number of rotatable bonds is 13. The number of ether oxygens (including phenoxy) is 3. The van der Waals surface area contributed by atoms with Crippen molar-refractivity contribution >= 4 is 58.3 Å². The molecule has 1 aromatic rings. The second-order valence-corrected chi connectivity index (χ2v) is 7.24. The molecule has 0 unspecified atom stereocenters. The Morgan fingerprint density at radius 3 is 1.86 bits per heavy atom. The van der Waals surface area contributed by atoms with Crippen molar-refractivity contribution in [2.75, 3.05) is 33.0 Å². The Kier molecular flexibility index (Phi) is 12.2. The van der Waals surface area contributed by atoms with Gasteiger partial charge < -0.3 is 19.3 Å². The molecule has 1 rings (SSSR count). The Bertz CT molecular complexity index is 681. The Balaban J connectivity index is 2.45. The van der Waals surface area contributed by atoms with Gasteiger partial charge in [-0.25, -0.2) is 9.59 Å². The highest BCUT2D eigenvalue weighted by Crippen LogP contribution is 2.41. The topological polar surface area (TPSA) is 82.1 Å². The van der Waals surface area contributed by atoms with Crippen molar-refractivity contribution in [2.45, 2.75) is 32.6 Å². The summed E-state index contributed by atoms with van der Waals surface area (Å²) in [5.74, 6) is -2.47. The number of carbonyl (C=O) groups excluding carboxylic acids is 1. The predicted molar refractivity (Wildman–Crippen MR) is 110 cm³/mol. The molecule has 0 saturated carbocycles. The third-order valence-corrected chi connectivity index (χ3v) is 5.46. The highest BCUT2D eigenvalue weighted by atomic mass is 35.5. The quantitative estimate of drug-likeness (QED) is 0.169. The standard InChI is InChI=1S/C18H22Cl4O6/c1-2-3-4-5-6-26-7-8-27-9-10-28-18(25)12-11(17(23)24)13(19)15(21)16(22)14(12)20/h2-10H2,1H3,(H,23,24). The summed E-state index contributed by atoms with van der Waals surface area (Å²) >= 11 is 23.6. The molecular formula is C18H22Cl4O6. The van der Waals surface area contributed by atoms with Crippen molar-refractivity contribution in [1.82, 2.24) is 0 Å². The number of benzene rings is 1. The Hall–Kier alpha value is -0.760. The zero-order valence-electron chi connectivity index (χ0n) is 15.4. The van der Waals surface area contributed by atoms with Gasteiger partial charge in [0.1, 0.15) is 6.61 Å². The van der Waals surface area contributed by atoms with Gasteiger partial charge in [0.25, 0.3) is 0 Å². The maximum absolute atomic E-state index is 12.3. The summed E-state index contributed by atoms with van der Waals surface area (Å²) in [6, 6.07) is 0. The molecule has 0 heterocycles. The first kappa shape index (κ1) is 25.3. The minimum atomic E-state index is -1.48. The molecule has 0 atom stereocenters. The number of esters is 1. The fourth-order valence-electron chi connectivity index (χ4n) is 2.24. The van der Waals surface area contributed by atoms with Crippen LogP contribution < -0.4 is 0 Å². The van der Waals surface area contributed by atoms with E-state index in [1.165, 1.54) is 12.8 Å². The molecule has 6 nitrogen and oxygen atoms in total. The molecule has 0 bridgehead atoms. The predicted octanol–water partition coefficient (Wildman–Crippen LogP) is 5.77. The van der Waals surface area contributed by atoms with Crippen molar-refractivity contribution in [2.24, 2.45) is 0 Å². The zero-order chi connectivity index (χ0) is 21.1. The minimum Gasteiger partial charge on any atom is -0.478 e. The van der Waals surface area contributed by atoms with Crippen LogP contribution in [0.5, 0.6) is 0 Å². The van der Waals surface area contributed by atoms with Crippen LogP contribution in [0, 0.1) is 0 Å². The summed E-state index contributed by atoms with van der Waals surface area (Å²) in [5, 5.41) is 8.11. The number of hydrogen-bond acceptors (Lipinski definition) is 5. The van der Waals surface area contributed by atoms with Gasteiger partial charge in [0.05, 0.1) is 51.0 Å². The van der Waals surface area contributed by atoms with Crippen molar-refractivity contribution < 1.29 is 28.9 Å². The van der Waals surface area contributed by atoms with E-state index in [1.54, 1.807) is 0 Å². The number of aromatic carboxylic acids is 1. The Morgan fingerprint density at radius 1 is 0.750 bits per heavy atom. The van der Waals surface area contributed by atoms with Crippen molar-refractivity contribution in [3.05, 3.63) is 31.2 Å². The van der Waals surface area contributed by atoms with E-state index < -0.39 is 23.1 Å².